The second-order valence-electron chi connectivity index (χ2n) is 6.41. The summed E-state index contributed by atoms with van der Waals surface area (Å²) in [6.07, 6.45) is 4.16. The molecule has 1 N–H and O–H groups in total. The highest BCUT2D eigenvalue weighted by Gasteiger charge is 2.43. The Kier molecular flexibility index (Phi) is 3.90. The zero-order valence-corrected chi connectivity index (χ0v) is 13.7. The summed E-state index contributed by atoms with van der Waals surface area (Å²) in [7, 11) is 0. The van der Waals surface area contributed by atoms with E-state index in [9.17, 15) is 4.79 Å². The normalized spacial score (nSPS) is 15.8. The lowest BCUT2D eigenvalue weighted by atomic mass is 9.85. The molecule has 2 aromatic rings. The van der Waals surface area contributed by atoms with Gasteiger partial charge >= 0.3 is 0 Å². The Hall–Kier alpha value is -2.27. The highest BCUT2D eigenvalue weighted by molar-refractivity contribution is 6.08. The van der Waals surface area contributed by atoms with Crippen molar-refractivity contribution < 1.29 is 9.90 Å². The minimum absolute atomic E-state index is 0.0744. The van der Waals surface area contributed by atoms with Crippen LogP contribution in [-0.2, 0) is 10.2 Å². The molecular formula is C18H21N3O2. The SMILES string of the molecule is Cc1ncc(-c2ccc3c(c2)N(CCCO)C(=O)C3(C)C)cn1. The molecule has 120 valence electrons. The van der Waals surface area contributed by atoms with Gasteiger partial charge in [-0.05, 0) is 44.4 Å². The Bertz CT molecular complexity index is 738. The van der Waals surface area contributed by atoms with Crippen molar-refractivity contribution in [3.05, 3.63) is 42.0 Å². The maximum atomic E-state index is 12.7. The predicted molar refractivity (Wildman–Crippen MR) is 89.3 cm³/mol. The number of aromatic nitrogens is 2. The third-order valence-electron chi connectivity index (χ3n) is 4.40. The monoisotopic (exact) mass is 311 g/mol. The Labute approximate surface area is 136 Å². The van der Waals surface area contributed by atoms with Gasteiger partial charge in [-0.1, -0.05) is 12.1 Å². The molecule has 1 aromatic carbocycles. The third-order valence-corrected chi connectivity index (χ3v) is 4.40. The molecule has 0 radical (unpaired) electrons. The van der Waals surface area contributed by atoms with Gasteiger partial charge in [0, 0.05) is 36.8 Å². The number of rotatable bonds is 4. The van der Waals surface area contributed by atoms with Crippen LogP contribution in [0.15, 0.2) is 30.6 Å². The summed E-state index contributed by atoms with van der Waals surface area (Å²) in [5.41, 5.74) is 3.33. The minimum Gasteiger partial charge on any atom is -0.396 e. The number of benzene rings is 1. The number of aliphatic hydroxyl groups is 1. The molecule has 1 aromatic heterocycles. The fourth-order valence-corrected chi connectivity index (χ4v) is 3.02. The van der Waals surface area contributed by atoms with Gasteiger partial charge in [-0.25, -0.2) is 9.97 Å². The van der Waals surface area contributed by atoms with E-state index in [1.807, 2.05) is 39.0 Å². The zero-order chi connectivity index (χ0) is 16.6. The summed E-state index contributed by atoms with van der Waals surface area (Å²) in [5.74, 6) is 0.814. The molecule has 3 rings (SSSR count). The zero-order valence-electron chi connectivity index (χ0n) is 13.7. The summed E-state index contributed by atoms with van der Waals surface area (Å²) in [6.45, 7) is 6.35. The van der Waals surface area contributed by atoms with Crippen LogP contribution in [-0.4, -0.2) is 34.1 Å². The highest BCUT2D eigenvalue weighted by Crippen LogP contribution is 2.43. The topological polar surface area (TPSA) is 66.3 Å². The minimum atomic E-state index is -0.535. The molecule has 0 bridgehead atoms. The number of aliphatic hydroxyl groups excluding tert-OH is 1. The average molecular weight is 311 g/mol. The van der Waals surface area contributed by atoms with Crippen LogP contribution in [0, 0.1) is 6.92 Å². The van der Waals surface area contributed by atoms with E-state index in [4.69, 9.17) is 5.11 Å². The number of carbonyl (C=O) groups is 1. The molecule has 2 heterocycles. The van der Waals surface area contributed by atoms with Crippen molar-refractivity contribution in [3.63, 3.8) is 0 Å². The van der Waals surface area contributed by atoms with Crippen molar-refractivity contribution >= 4 is 11.6 Å². The van der Waals surface area contributed by atoms with E-state index in [1.54, 1.807) is 17.3 Å². The summed E-state index contributed by atoms with van der Waals surface area (Å²) in [6, 6.07) is 6.05. The maximum Gasteiger partial charge on any atom is 0.237 e. The quantitative estimate of drug-likeness (QED) is 0.942. The van der Waals surface area contributed by atoms with Gasteiger partial charge < -0.3 is 10.0 Å². The van der Waals surface area contributed by atoms with Crippen molar-refractivity contribution in [1.29, 1.82) is 0 Å². The van der Waals surface area contributed by atoms with Gasteiger partial charge in [0.15, 0.2) is 0 Å². The van der Waals surface area contributed by atoms with Crippen LogP contribution in [0.5, 0.6) is 0 Å². The van der Waals surface area contributed by atoms with Crippen molar-refractivity contribution in [1.82, 2.24) is 9.97 Å². The summed E-state index contributed by atoms with van der Waals surface area (Å²) < 4.78 is 0. The van der Waals surface area contributed by atoms with Crippen LogP contribution in [0.2, 0.25) is 0 Å². The van der Waals surface area contributed by atoms with E-state index < -0.39 is 5.41 Å². The first-order valence-corrected chi connectivity index (χ1v) is 7.81. The van der Waals surface area contributed by atoms with E-state index in [2.05, 4.69) is 9.97 Å². The number of hydrogen-bond donors (Lipinski definition) is 1. The molecule has 5 heteroatoms. The Morgan fingerprint density at radius 3 is 2.52 bits per heavy atom. The summed E-state index contributed by atoms with van der Waals surface area (Å²) in [4.78, 5) is 23.0. The smallest absolute Gasteiger partial charge is 0.237 e. The summed E-state index contributed by atoms with van der Waals surface area (Å²) >= 11 is 0. The molecule has 1 aliphatic heterocycles. The van der Waals surface area contributed by atoms with Crippen LogP contribution in [0.25, 0.3) is 11.1 Å². The van der Waals surface area contributed by atoms with Crippen molar-refractivity contribution in [3.8, 4) is 11.1 Å². The Morgan fingerprint density at radius 2 is 1.87 bits per heavy atom. The molecule has 0 fully saturated rings. The van der Waals surface area contributed by atoms with Crippen LogP contribution in [0.3, 0.4) is 0 Å². The largest absolute Gasteiger partial charge is 0.396 e. The number of hydrogen-bond acceptors (Lipinski definition) is 4. The second kappa shape index (κ2) is 5.74. The van der Waals surface area contributed by atoms with Crippen molar-refractivity contribution in [2.24, 2.45) is 0 Å². The summed E-state index contributed by atoms with van der Waals surface area (Å²) in [5, 5.41) is 9.10. The van der Waals surface area contributed by atoms with Crippen molar-refractivity contribution in [2.45, 2.75) is 32.6 Å². The number of carbonyl (C=O) groups excluding carboxylic acids is 1. The van der Waals surface area contributed by atoms with Gasteiger partial charge in [0.25, 0.3) is 0 Å². The fraction of sp³-hybridized carbons (Fsp3) is 0.389. The first-order valence-electron chi connectivity index (χ1n) is 7.81. The van der Waals surface area contributed by atoms with Gasteiger partial charge in [0.2, 0.25) is 5.91 Å². The molecule has 0 atom stereocenters. The molecule has 1 amide bonds. The van der Waals surface area contributed by atoms with E-state index in [0.29, 0.717) is 13.0 Å². The standard InChI is InChI=1S/C18H21N3O2/c1-12-19-10-14(11-20-12)13-5-6-15-16(9-13)21(7-4-8-22)17(23)18(15,2)3/h5-6,9-11,22H,4,7-8H2,1-3H3. The van der Waals surface area contributed by atoms with E-state index in [1.165, 1.54) is 0 Å². The van der Waals surface area contributed by atoms with Gasteiger partial charge in [0.1, 0.15) is 5.82 Å². The van der Waals surface area contributed by atoms with Gasteiger partial charge in [-0.2, -0.15) is 0 Å². The van der Waals surface area contributed by atoms with Crippen LogP contribution < -0.4 is 4.90 Å². The number of aryl methyl sites for hydroxylation is 1. The van der Waals surface area contributed by atoms with Gasteiger partial charge in [0.05, 0.1) is 5.41 Å². The van der Waals surface area contributed by atoms with Gasteiger partial charge in [-0.3, -0.25) is 4.79 Å². The lowest BCUT2D eigenvalue weighted by Gasteiger charge is -2.20. The molecular weight excluding hydrogens is 290 g/mol. The number of fused-ring (bicyclic) bond motifs is 1. The number of anilines is 1. The Morgan fingerprint density at radius 1 is 1.17 bits per heavy atom. The van der Waals surface area contributed by atoms with E-state index in [0.717, 1.165) is 28.2 Å². The predicted octanol–water partition coefficient (Wildman–Crippen LogP) is 2.46. The second-order valence-corrected chi connectivity index (χ2v) is 6.41. The highest BCUT2D eigenvalue weighted by atomic mass is 16.3. The number of amides is 1. The van der Waals surface area contributed by atoms with E-state index >= 15 is 0 Å². The van der Waals surface area contributed by atoms with Crippen molar-refractivity contribution in [2.75, 3.05) is 18.1 Å². The van der Waals surface area contributed by atoms with Gasteiger partial charge in [-0.15, -0.1) is 0 Å². The van der Waals surface area contributed by atoms with Crippen LogP contribution in [0.4, 0.5) is 5.69 Å². The van der Waals surface area contributed by atoms with Crippen LogP contribution >= 0.6 is 0 Å². The molecule has 1 aliphatic rings. The lowest BCUT2D eigenvalue weighted by Crippen LogP contribution is -2.37. The maximum absolute atomic E-state index is 12.7. The van der Waals surface area contributed by atoms with Crippen LogP contribution in [0.1, 0.15) is 31.7 Å². The molecule has 0 aliphatic carbocycles. The lowest BCUT2D eigenvalue weighted by molar-refractivity contribution is -0.122. The van der Waals surface area contributed by atoms with E-state index in [-0.39, 0.29) is 12.5 Å². The molecule has 0 spiro atoms. The fourth-order valence-electron chi connectivity index (χ4n) is 3.02. The molecule has 0 saturated carbocycles. The molecule has 23 heavy (non-hydrogen) atoms. The molecule has 5 nitrogen and oxygen atoms in total. The average Bonchev–Trinajstić information content (AvgIpc) is 2.73. The first-order chi connectivity index (χ1) is 10.9. The number of nitrogens with zero attached hydrogens (tertiary/aromatic N) is 3. The Balaban J connectivity index is 2.05. The molecule has 0 unspecified atom stereocenters. The molecule has 0 saturated heterocycles. The third kappa shape index (κ3) is 2.61. The first kappa shape index (κ1) is 15.6.